The number of sulfone groups is 1. The van der Waals surface area contributed by atoms with Crippen molar-refractivity contribution in [2.45, 2.75) is 60.8 Å². The van der Waals surface area contributed by atoms with E-state index in [2.05, 4.69) is 10.4 Å². The predicted octanol–water partition coefficient (Wildman–Crippen LogP) is 4.12. The number of halogens is 7. The predicted molar refractivity (Wildman–Crippen MR) is 100 cm³/mol. The van der Waals surface area contributed by atoms with E-state index in [1.165, 1.54) is 0 Å². The van der Waals surface area contributed by atoms with E-state index in [4.69, 9.17) is 0 Å². The highest BCUT2D eigenvalue weighted by Gasteiger charge is 2.37. The largest absolute Gasteiger partial charge is 0.416 e. The number of carbonyl (C=O) groups is 1. The molecule has 6 nitrogen and oxygen atoms in total. The first-order chi connectivity index (χ1) is 15.2. The van der Waals surface area contributed by atoms with E-state index < -0.39 is 62.2 Å². The number of alkyl halides is 6. The first-order valence-electron chi connectivity index (χ1n) is 9.68. The van der Waals surface area contributed by atoms with Crippen molar-refractivity contribution in [2.75, 3.05) is 0 Å². The Morgan fingerprint density at radius 3 is 2.27 bits per heavy atom. The lowest BCUT2D eigenvalue weighted by atomic mass is 9.95. The van der Waals surface area contributed by atoms with Gasteiger partial charge >= 0.3 is 12.4 Å². The van der Waals surface area contributed by atoms with E-state index in [1.807, 2.05) is 0 Å². The zero-order valence-electron chi connectivity index (χ0n) is 16.8. The number of aromatic nitrogens is 2. The van der Waals surface area contributed by atoms with Gasteiger partial charge in [0.25, 0.3) is 5.91 Å². The van der Waals surface area contributed by atoms with E-state index >= 15 is 0 Å². The van der Waals surface area contributed by atoms with Crippen LogP contribution in [0.2, 0.25) is 0 Å². The normalized spacial score (nSPS) is 20.0. The van der Waals surface area contributed by atoms with E-state index in [9.17, 15) is 43.9 Å². The quantitative estimate of drug-likeness (QED) is 0.626. The van der Waals surface area contributed by atoms with Crippen LogP contribution >= 0.6 is 0 Å². The molecular weight excluding hydrogens is 483 g/mol. The van der Waals surface area contributed by atoms with Crippen LogP contribution in [-0.2, 0) is 22.6 Å². The molecule has 0 saturated heterocycles. The Bertz CT molecular complexity index is 1120. The molecule has 1 aliphatic carbocycles. The van der Waals surface area contributed by atoms with E-state index in [1.54, 1.807) is 0 Å². The molecule has 0 spiro atoms. The molecule has 1 saturated carbocycles. The van der Waals surface area contributed by atoms with E-state index in [0.717, 1.165) is 12.3 Å². The van der Waals surface area contributed by atoms with Crippen molar-refractivity contribution in [1.82, 2.24) is 15.1 Å². The SMILES string of the molecule is O=C(N[C@H]1CC[C@@H](S(=O)(=O)c2cc(F)cc(C(F)(F)F)c2)CC1)c1ccnn1CC(F)(F)F. The smallest absolute Gasteiger partial charge is 0.348 e. The Balaban J connectivity index is 1.66. The zero-order chi connectivity index (χ0) is 24.6. The molecule has 0 atom stereocenters. The van der Waals surface area contributed by atoms with Crippen LogP contribution in [0.1, 0.15) is 41.7 Å². The van der Waals surface area contributed by atoms with Crippen molar-refractivity contribution < 1.29 is 43.9 Å². The third kappa shape index (κ3) is 6.03. The summed E-state index contributed by atoms with van der Waals surface area (Å²) in [5.74, 6) is -2.15. The molecule has 1 amide bonds. The van der Waals surface area contributed by atoms with Crippen molar-refractivity contribution >= 4 is 15.7 Å². The summed E-state index contributed by atoms with van der Waals surface area (Å²) in [7, 11) is -4.28. The van der Waals surface area contributed by atoms with Gasteiger partial charge in [0.05, 0.1) is 15.7 Å². The van der Waals surface area contributed by atoms with Crippen LogP contribution in [-0.4, -0.2) is 41.6 Å². The fourth-order valence-corrected chi connectivity index (χ4v) is 5.53. The molecule has 0 unspecified atom stereocenters. The molecule has 1 N–H and O–H groups in total. The van der Waals surface area contributed by atoms with Crippen molar-refractivity contribution in [3.05, 3.63) is 47.5 Å². The Labute approximate surface area is 183 Å². The van der Waals surface area contributed by atoms with Crippen molar-refractivity contribution in [3.63, 3.8) is 0 Å². The van der Waals surface area contributed by atoms with Crippen LogP contribution in [0.15, 0.2) is 35.4 Å². The monoisotopic (exact) mass is 501 g/mol. The Morgan fingerprint density at radius 2 is 1.70 bits per heavy atom. The minimum Gasteiger partial charge on any atom is -0.348 e. The van der Waals surface area contributed by atoms with E-state index in [0.29, 0.717) is 16.8 Å². The molecule has 0 aliphatic heterocycles. The molecule has 0 radical (unpaired) electrons. The minimum absolute atomic E-state index is 0.0348. The van der Waals surface area contributed by atoms with Crippen LogP contribution in [0.25, 0.3) is 0 Å². The number of nitrogens with one attached hydrogen (secondary N) is 1. The Morgan fingerprint density at radius 1 is 1.06 bits per heavy atom. The topological polar surface area (TPSA) is 81.1 Å². The molecule has 1 aromatic carbocycles. The summed E-state index contributed by atoms with van der Waals surface area (Å²) in [4.78, 5) is 11.6. The van der Waals surface area contributed by atoms with Gasteiger partial charge < -0.3 is 5.32 Å². The second-order valence-corrected chi connectivity index (χ2v) is 9.88. The van der Waals surface area contributed by atoms with Crippen LogP contribution in [0.4, 0.5) is 30.7 Å². The van der Waals surface area contributed by atoms with Gasteiger partial charge in [-0.05, 0) is 49.9 Å². The lowest BCUT2D eigenvalue weighted by molar-refractivity contribution is -0.142. The van der Waals surface area contributed by atoms with Gasteiger partial charge in [0.2, 0.25) is 0 Å². The van der Waals surface area contributed by atoms with Gasteiger partial charge in [0.1, 0.15) is 18.1 Å². The van der Waals surface area contributed by atoms with Gasteiger partial charge in [0.15, 0.2) is 9.84 Å². The summed E-state index contributed by atoms with van der Waals surface area (Å²) < 4.78 is 116. The number of carbonyl (C=O) groups excluding carboxylic acids is 1. The standard InChI is InChI=1S/C19H18F7N3O3S/c20-12-7-11(19(24,25)26)8-15(9-12)33(31,32)14-3-1-13(2-4-14)28-17(30)16-5-6-27-29(16)10-18(21,22)23/h5-9,13-14H,1-4,10H2,(H,28,30)/t13-,14+. The molecule has 3 rings (SSSR count). The molecular formula is C19H18F7N3O3S. The van der Waals surface area contributed by atoms with Crippen LogP contribution in [0, 0.1) is 5.82 Å². The summed E-state index contributed by atoms with van der Waals surface area (Å²) in [6, 6.07) is 1.67. The van der Waals surface area contributed by atoms with Gasteiger partial charge in [0, 0.05) is 12.2 Å². The molecule has 14 heteroatoms. The summed E-state index contributed by atoms with van der Waals surface area (Å²) in [6.07, 6.45) is -8.31. The third-order valence-corrected chi connectivity index (χ3v) is 7.50. The second-order valence-electron chi connectivity index (χ2n) is 7.65. The van der Waals surface area contributed by atoms with Crippen LogP contribution < -0.4 is 5.32 Å². The van der Waals surface area contributed by atoms with E-state index in [-0.39, 0.29) is 37.4 Å². The van der Waals surface area contributed by atoms with Gasteiger partial charge in [-0.1, -0.05) is 0 Å². The summed E-state index contributed by atoms with van der Waals surface area (Å²) in [6.45, 7) is -1.46. The van der Waals surface area contributed by atoms with Crippen LogP contribution in [0.5, 0.6) is 0 Å². The number of hydrogen-bond acceptors (Lipinski definition) is 4. The fourth-order valence-electron chi connectivity index (χ4n) is 3.68. The lowest BCUT2D eigenvalue weighted by Crippen LogP contribution is -2.41. The van der Waals surface area contributed by atoms with Gasteiger partial charge in [-0.2, -0.15) is 31.4 Å². The Kier molecular flexibility index (Phi) is 6.78. The minimum atomic E-state index is -4.92. The molecule has 182 valence electrons. The number of nitrogens with zero attached hydrogens (tertiary/aromatic N) is 2. The van der Waals surface area contributed by atoms with Crippen molar-refractivity contribution in [1.29, 1.82) is 0 Å². The zero-order valence-corrected chi connectivity index (χ0v) is 17.6. The highest BCUT2D eigenvalue weighted by atomic mass is 32.2. The van der Waals surface area contributed by atoms with Gasteiger partial charge in [-0.3, -0.25) is 9.48 Å². The lowest BCUT2D eigenvalue weighted by Gasteiger charge is -2.29. The number of rotatable bonds is 5. The maximum absolute atomic E-state index is 13.6. The number of amides is 1. The summed E-state index contributed by atoms with van der Waals surface area (Å²) in [5, 5.41) is 4.90. The van der Waals surface area contributed by atoms with Crippen molar-refractivity contribution in [3.8, 4) is 0 Å². The molecule has 1 heterocycles. The van der Waals surface area contributed by atoms with Crippen LogP contribution in [0.3, 0.4) is 0 Å². The third-order valence-electron chi connectivity index (χ3n) is 5.25. The molecule has 1 aliphatic rings. The Hall–Kier alpha value is -2.64. The molecule has 1 fully saturated rings. The maximum atomic E-state index is 13.6. The molecule has 2 aromatic rings. The molecule has 33 heavy (non-hydrogen) atoms. The average molecular weight is 501 g/mol. The maximum Gasteiger partial charge on any atom is 0.416 e. The second kappa shape index (κ2) is 8.95. The summed E-state index contributed by atoms with van der Waals surface area (Å²) >= 11 is 0. The summed E-state index contributed by atoms with van der Waals surface area (Å²) in [5.41, 5.74) is -1.74. The first kappa shape index (κ1) is 25.0. The van der Waals surface area contributed by atoms with Gasteiger partial charge in [-0.25, -0.2) is 12.8 Å². The highest BCUT2D eigenvalue weighted by molar-refractivity contribution is 7.92. The average Bonchev–Trinajstić information content (AvgIpc) is 3.13. The van der Waals surface area contributed by atoms with Crippen molar-refractivity contribution in [2.24, 2.45) is 0 Å². The number of hydrogen-bond donors (Lipinski definition) is 1. The number of benzene rings is 1. The fraction of sp³-hybridized carbons (Fsp3) is 0.474. The molecule has 0 bridgehead atoms. The highest BCUT2D eigenvalue weighted by Crippen LogP contribution is 2.34. The first-order valence-corrected chi connectivity index (χ1v) is 11.2. The molecule has 1 aromatic heterocycles. The van der Waals surface area contributed by atoms with Gasteiger partial charge in [-0.15, -0.1) is 0 Å².